The maximum absolute atomic E-state index is 9.19. The first-order chi connectivity index (χ1) is 20.6. The van der Waals surface area contributed by atoms with E-state index in [0.29, 0.717) is 6.26 Å². The summed E-state index contributed by atoms with van der Waals surface area (Å²) in [7, 11) is -3.67. The van der Waals surface area contributed by atoms with Crippen molar-refractivity contribution in [3.8, 4) is 0 Å². The van der Waals surface area contributed by atoms with Crippen molar-refractivity contribution >= 4 is 43.6 Å². The number of hydrogen-bond acceptors (Lipinski definition) is 6. The Labute approximate surface area is 265 Å². The predicted molar refractivity (Wildman–Crippen MR) is 188 cm³/mol. The molecule has 4 aromatic rings. The molecule has 44 heavy (non-hydrogen) atoms. The van der Waals surface area contributed by atoms with E-state index in [1.165, 1.54) is 33.2 Å². The van der Waals surface area contributed by atoms with Crippen LogP contribution in [0, 0.1) is 62.3 Å². The van der Waals surface area contributed by atoms with Gasteiger partial charge in [-0.3, -0.25) is 4.55 Å². The Hall–Kier alpha value is -3.75. The summed E-state index contributed by atoms with van der Waals surface area (Å²) in [5.41, 5.74) is 14.3. The van der Waals surface area contributed by atoms with Crippen LogP contribution in [-0.2, 0) is 10.1 Å². The van der Waals surface area contributed by atoms with Gasteiger partial charge in [-0.1, -0.05) is 45.9 Å². The van der Waals surface area contributed by atoms with Gasteiger partial charge in [0.25, 0.3) is 10.1 Å². The monoisotopic (exact) mass is 618 g/mol. The largest absolute Gasteiger partial charge is 0.286 e. The Morgan fingerprint density at radius 3 is 1.57 bits per heavy atom. The van der Waals surface area contributed by atoms with Crippen molar-refractivity contribution in [3.05, 3.63) is 92.5 Å². The van der Waals surface area contributed by atoms with Gasteiger partial charge in [0, 0.05) is 0 Å². The molecule has 0 saturated heterocycles. The summed E-state index contributed by atoms with van der Waals surface area (Å²) < 4.78 is 25.9. The van der Waals surface area contributed by atoms with Crippen LogP contribution in [0.15, 0.2) is 62.9 Å². The van der Waals surface area contributed by atoms with Crippen molar-refractivity contribution in [2.75, 3.05) is 6.26 Å². The normalized spacial score (nSPS) is 11.1. The molecule has 0 aromatic heterocycles. The fraction of sp³-hybridized carbons (Fsp3) is 0.389. The number of azo groups is 2. The fourth-order valence-electron chi connectivity index (χ4n) is 4.63. The molecule has 0 atom stereocenters. The molecule has 4 aromatic carbocycles. The van der Waals surface area contributed by atoms with E-state index in [-0.39, 0.29) is 0 Å². The van der Waals surface area contributed by atoms with Crippen molar-refractivity contribution < 1.29 is 13.0 Å². The van der Waals surface area contributed by atoms with Crippen LogP contribution in [0.5, 0.6) is 0 Å². The van der Waals surface area contributed by atoms with E-state index < -0.39 is 10.1 Å². The number of rotatable bonds is 4. The highest BCUT2D eigenvalue weighted by Gasteiger charge is 2.13. The van der Waals surface area contributed by atoms with Crippen LogP contribution >= 0.6 is 0 Å². The summed E-state index contributed by atoms with van der Waals surface area (Å²) in [6, 6.07) is 14.8. The lowest BCUT2D eigenvalue weighted by atomic mass is 9.95. The molecule has 238 valence electrons. The van der Waals surface area contributed by atoms with Gasteiger partial charge in [0.1, 0.15) is 0 Å². The van der Waals surface area contributed by atoms with Crippen molar-refractivity contribution in [1.29, 1.82) is 0 Å². The summed E-state index contributed by atoms with van der Waals surface area (Å²) >= 11 is 0. The number of hydrogen-bond donors (Lipinski definition) is 1. The van der Waals surface area contributed by atoms with Crippen molar-refractivity contribution in [1.82, 2.24) is 0 Å². The molecule has 0 heterocycles. The molecule has 0 aliphatic rings. The first-order valence-corrected chi connectivity index (χ1v) is 16.9. The lowest BCUT2D eigenvalue weighted by Gasteiger charge is -2.13. The molecule has 1 N–H and O–H groups in total. The van der Waals surface area contributed by atoms with Crippen molar-refractivity contribution in [2.24, 2.45) is 20.5 Å². The first-order valence-electron chi connectivity index (χ1n) is 15.0. The Kier molecular flexibility index (Phi) is 14.7. The third kappa shape index (κ3) is 10.2. The highest BCUT2D eigenvalue weighted by molar-refractivity contribution is 7.85. The Morgan fingerprint density at radius 1 is 0.500 bits per heavy atom. The van der Waals surface area contributed by atoms with Gasteiger partial charge in [0.05, 0.1) is 29.0 Å². The highest BCUT2D eigenvalue weighted by atomic mass is 32.2. The van der Waals surface area contributed by atoms with E-state index in [2.05, 4.69) is 114 Å². The SMILES string of the molecule is CC.CC.CS(=O)(=O)O.Cc1cc(C)c(N=Nc2ccc3cc(C)c(N=Nc4ccc(C)c(C)c4C)c(C)c3c2C)cc1C. The van der Waals surface area contributed by atoms with Crippen LogP contribution in [0.4, 0.5) is 22.7 Å². The van der Waals surface area contributed by atoms with Crippen LogP contribution in [0.1, 0.15) is 77.8 Å². The van der Waals surface area contributed by atoms with Crippen LogP contribution in [0.3, 0.4) is 0 Å². The minimum Gasteiger partial charge on any atom is -0.286 e. The number of benzene rings is 4. The van der Waals surface area contributed by atoms with E-state index in [1.807, 2.05) is 33.8 Å². The molecule has 0 spiro atoms. The standard InChI is InChI=1S/C31H34N4.2C2H6.CH4O3S/c1-17-10-12-27(23(7)22(17)6)33-35-31-21(5)15-26-11-13-28(24(8)30(26)25(31)9)32-34-29-16-19(3)18(2)14-20(29)4;2*1-2;1-5(2,3)4/h10-16H,1-9H3;2*1-2H3;1H3,(H,2,3,4). The van der Waals surface area contributed by atoms with Crippen LogP contribution in [0.25, 0.3) is 10.8 Å². The highest BCUT2D eigenvalue weighted by Crippen LogP contribution is 2.38. The van der Waals surface area contributed by atoms with Gasteiger partial charge in [-0.05, 0) is 147 Å². The second-order valence-corrected chi connectivity index (χ2v) is 11.9. The quantitative estimate of drug-likeness (QED) is 0.182. The molecule has 0 saturated carbocycles. The molecule has 0 bridgehead atoms. The smallest absolute Gasteiger partial charge is 0.261 e. The zero-order valence-corrected chi connectivity index (χ0v) is 29.8. The fourth-order valence-corrected chi connectivity index (χ4v) is 4.63. The van der Waals surface area contributed by atoms with E-state index in [0.717, 1.165) is 50.4 Å². The summed E-state index contributed by atoms with van der Waals surface area (Å²) in [6.45, 7) is 27.0. The number of aryl methyl sites for hydroxylation is 7. The lowest BCUT2D eigenvalue weighted by Crippen LogP contribution is -1.89. The van der Waals surface area contributed by atoms with Crippen LogP contribution in [-0.4, -0.2) is 19.2 Å². The minimum absolute atomic E-state index is 0.715. The zero-order chi connectivity index (χ0) is 33.9. The van der Waals surface area contributed by atoms with Gasteiger partial charge in [-0.15, -0.1) is 5.11 Å². The van der Waals surface area contributed by atoms with Gasteiger partial charge >= 0.3 is 0 Å². The van der Waals surface area contributed by atoms with Gasteiger partial charge in [-0.25, -0.2) is 0 Å². The Balaban J connectivity index is 0.000000962. The Morgan fingerprint density at radius 2 is 0.977 bits per heavy atom. The molecule has 8 heteroatoms. The molecular formula is C36H50N4O3S. The van der Waals surface area contributed by atoms with E-state index >= 15 is 0 Å². The predicted octanol–water partition coefficient (Wildman–Crippen LogP) is 12.0. The maximum Gasteiger partial charge on any atom is 0.261 e. The Bertz CT molecular complexity index is 1770. The molecule has 0 aliphatic carbocycles. The van der Waals surface area contributed by atoms with Crippen molar-refractivity contribution in [2.45, 2.75) is 90.0 Å². The summed E-state index contributed by atoms with van der Waals surface area (Å²) in [4.78, 5) is 0. The second-order valence-electron chi connectivity index (χ2n) is 10.5. The summed E-state index contributed by atoms with van der Waals surface area (Å²) in [6.07, 6.45) is 0.715. The molecule has 0 fully saturated rings. The van der Waals surface area contributed by atoms with Gasteiger partial charge in [0.2, 0.25) is 0 Å². The van der Waals surface area contributed by atoms with E-state index in [1.54, 1.807) is 0 Å². The molecule has 4 rings (SSSR count). The van der Waals surface area contributed by atoms with E-state index in [4.69, 9.17) is 9.67 Å². The lowest BCUT2D eigenvalue weighted by molar-refractivity contribution is 0.490. The minimum atomic E-state index is -3.67. The average molecular weight is 619 g/mol. The molecule has 0 radical (unpaired) electrons. The van der Waals surface area contributed by atoms with Crippen molar-refractivity contribution in [3.63, 3.8) is 0 Å². The molecule has 0 aliphatic heterocycles. The molecule has 0 amide bonds. The maximum atomic E-state index is 9.19. The average Bonchev–Trinajstić information content (AvgIpc) is 2.96. The van der Waals surface area contributed by atoms with Gasteiger partial charge in [0.15, 0.2) is 0 Å². The third-order valence-electron chi connectivity index (χ3n) is 7.31. The number of nitrogens with zero attached hydrogens (tertiary/aromatic N) is 4. The number of fused-ring (bicyclic) bond motifs is 1. The van der Waals surface area contributed by atoms with Gasteiger partial charge in [-0.2, -0.15) is 23.8 Å². The molecule has 7 nitrogen and oxygen atoms in total. The van der Waals surface area contributed by atoms with Gasteiger partial charge < -0.3 is 0 Å². The zero-order valence-electron chi connectivity index (χ0n) is 29.0. The topological polar surface area (TPSA) is 104 Å². The summed E-state index contributed by atoms with van der Waals surface area (Å²) in [5, 5.41) is 21.0. The van der Waals surface area contributed by atoms with Crippen LogP contribution in [0.2, 0.25) is 0 Å². The second kappa shape index (κ2) is 16.9. The third-order valence-corrected chi connectivity index (χ3v) is 7.31. The summed E-state index contributed by atoms with van der Waals surface area (Å²) in [5.74, 6) is 0. The van der Waals surface area contributed by atoms with E-state index in [9.17, 15) is 8.42 Å². The molecule has 0 unspecified atom stereocenters. The van der Waals surface area contributed by atoms with Crippen LogP contribution < -0.4 is 0 Å². The molecular weight excluding hydrogens is 568 g/mol. The first kappa shape index (κ1) is 38.3.